The van der Waals surface area contributed by atoms with Crippen LogP contribution < -0.4 is 5.32 Å². The Balaban J connectivity index is 0.00000120. The number of fused-ring (bicyclic) bond motifs is 1. The molecule has 98 valence electrons. The molecular weight excluding hydrogens is 264 g/mol. The summed E-state index contributed by atoms with van der Waals surface area (Å²) in [7, 11) is 0. The summed E-state index contributed by atoms with van der Waals surface area (Å²) in [4.78, 5) is 4.03. The summed E-state index contributed by atoms with van der Waals surface area (Å²) in [5, 5.41) is 4.87. The van der Waals surface area contributed by atoms with Crippen molar-refractivity contribution >= 4 is 33.8 Å². The lowest BCUT2D eigenvalue weighted by Crippen LogP contribution is -2.48. The van der Waals surface area contributed by atoms with Crippen LogP contribution in [0.5, 0.6) is 0 Å². The van der Waals surface area contributed by atoms with Crippen molar-refractivity contribution in [3.63, 3.8) is 0 Å². The second-order valence-electron chi connectivity index (χ2n) is 4.84. The largest absolute Gasteiger partial charge is 0.312 e. The molecule has 0 radical (unpaired) electrons. The minimum atomic E-state index is 0. The molecule has 0 spiro atoms. The van der Waals surface area contributed by atoms with Gasteiger partial charge < -0.3 is 5.32 Å². The molecule has 1 aromatic carbocycles. The Hall–Kier alpha value is -0.610. The first-order valence-corrected chi connectivity index (χ1v) is 7.06. The number of nitrogens with zero attached hydrogens (tertiary/aromatic N) is 1. The molecule has 1 atom stereocenters. The van der Waals surface area contributed by atoms with Crippen molar-refractivity contribution in [2.75, 3.05) is 19.6 Å². The zero-order valence-electron chi connectivity index (χ0n) is 10.6. The van der Waals surface area contributed by atoms with Crippen LogP contribution >= 0.6 is 23.7 Å². The Bertz CT molecular complexity index is 478. The van der Waals surface area contributed by atoms with Crippen LogP contribution in [0.3, 0.4) is 0 Å². The molecule has 1 fully saturated rings. The van der Waals surface area contributed by atoms with Crippen LogP contribution in [0.4, 0.5) is 0 Å². The number of rotatable bonds is 2. The van der Waals surface area contributed by atoms with Crippen LogP contribution in [0.15, 0.2) is 30.3 Å². The van der Waals surface area contributed by atoms with Crippen LogP contribution in [-0.2, 0) is 6.54 Å². The zero-order valence-corrected chi connectivity index (χ0v) is 12.2. The second kappa shape index (κ2) is 6.02. The quantitative estimate of drug-likeness (QED) is 0.910. The van der Waals surface area contributed by atoms with Crippen molar-refractivity contribution in [1.82, 2.24) is 10.2 Å². The molecule has 1 N–H and O–H groups in total. The SMILES string of the molecule is CC1CN(Cc2cc3ccccc3s2)CCN1.Cl. The Morgan fingerprint density at radius 2 is 2.22 bits per heavy atom. The van der Waals surface area contributed by atoms with Crippen molar-refractivity contribution in [3.05, 3.63) is 35.2 Å². The van der Waals surface area contributed by atoms with Crippen molar-refractivity contribution in [1.29, 1.82) is 0 Å². The van der Waals surface area contributed by atoms with Gasteiger partial charge in [-0.15, -0.1) is 23.7 Å². The number of piperazine rings is 1. The molecule has 0 bridgehead atoms. The normalized spacial score (nSPS) is 20.8. The standard InChI is InChI=1S/C14H18N2S.ClH/c1-11-9-16(7-6-15-11)10-13-8-12-4-2-3-5-14(12)17-13;/h2-5,8,11,15H,6-7,9-10H2,1H3;1H. The number of hydrogen-bond acceptors (Lipinski definition) is 3. The number of thiophene rings is 1. The lowest BCUT2D eigenvalue weighted by molar-refractivity contribution is 0.201. The molecule has 4 heteroatoms. The Morgan fingerprint density at radius 1 is 1.39 bits per heavy atom. The highest BCUT2D eigenvalue weighted by molar-refractivity contribution is 7.19. The number of hydrogen-bond donors (Lipinski definition) is 1. The van der Waals surface area contributed by atoms with Gasteiger partial charge in [0.25, 0.3) is 0 Å². The highest BCUT2D eigenvalue weighted by Gasteiger charge is 2.16. The molecule has 1 unspecified atom stereocenters. The van der Waals surface area contributed by atoms with E-state index in [1.165, 1.54) is 21.5 Å². The first-order valence-electron chi connectivity index (χ1n) is 6.24. The molecule has 3 rings (SSSR count). The topological polar surface area (TPSA) is 15.3 Å². The number of halogens is 1. The summed E-state index contributed by atoms with van der Waals surface area (Å²) < 4.78 is 1.41. The van der Waals surface area contributed by atoms with Crippen molar-refractivity contribution < 1.29 is 0 Å². The maximum absolute atomic E-state index is 3.49. The highest BCUT2D eigenvalue weighted by Crippen LogP contribution is 2.26. The van der Waals surface area contributed by atoms with E-state index in [9.17, 15) is 0 Å². The molecule has 1 aromatic heterocycles. The van der Waals surface area contributed by atoms with E-state index in [-0.39, 0.29) is 12.4 Å². The Morgan fingerprint density at radius 3 is 3.00 bits per heavy atom. The maximum Gasteiger partial charge on any atom is 0.0346 e. The lowest BCUT2D eigenvalue weighted by atomic mass is 10.2. The maximum atomic E-state index is 3.49. The van der Waals surface area contributed by atoms with E-state index < -0.39 is 0 Å². The fourth-order valence-corrected chi connectivity index (χ4v) is 3.60. The molecular formula is C14H19ClN2S. The molecule has 2 heterocycles. The van der Waals surface area contributed by atoms with Gasteiger partial charge in [0.05, 0.1) is 0 Å². The fraction of sp³-hybridized carbons (Fsp3) is 0.429. The van der Waals surface area contributed by atoms with E-state index >= 15 is 0 Å². The van der Waals surface area contributed by atoms with E-state index in [0.717, 1.165) is 19.6 Å². The van der Waals surface area contributed by atoms with Gasteiger partial charge in [0.2, 0.25) is 0 Å². The van der Waals surface area contributed by atoms with Gasteiger partial charge in [-0.3, -0.25) is 4.90 Å². The average Bonchev–Trinajstić information content (AvgIpc) is 2.71. The third kappa shape index (κ3) is 3.04. The van der Waals surface area contributed by atoms with Crippen LogP contribution in [0.25, 0.3) is 10.1 Å². The van der Waals surface area contributed by atoms with E-state index in [2.05, 4.69) is 47.5 Å². The summed E-state index contributed by atoms with van der Waals surface area (Å²) in [6.45, 7) is 6.81. The smallest absolute Gasteiger partial charge is 0.0346 e. The molecule has 2 aromatic rings. The zero-order chi connectivity index (χ0) is 11.7. The summed E-state index contributed by atoms with van der Waals surface area (Å²) in [6.07, 6.45) is 0. The summed E-state index contributed by atoms with van der Waals surface area (Å²) >= 11 is 1.93. The first-order chi connectivity index (χ1) is 8.31. The lowest BCUT2D eigenvalue weighted by Gasteiger charge is -2.31. The summed E-state index contributed by atoms with van der Waals surface area (Å²) in [5.74, 6) is 0. The predicted molar refractivity (Wildman–Crippen MR) is 81.8 cm³/mol. The van der Waals surface area contributed by atoms with Gasteiger partial charge in [0, 0.05) is 41.8 Å². The number of benzene rings is 1. The fourth-order valence-electron chi connectivity index (χ4n) is 2.49. The van der Waals surface area contributed by atoms with Crippen molar-refractivity contribution in [2.45, 2.75) is 19.5 Å². The van der Waals surface area contributed by atoms with Gasteiger partial charge in [0.1, 0.15) is 0 Å². The minimum Gasteiger partial charge on any atom is -0.312 e. The van der Waals surface area contributed by atoms with Gasteiger partial charge in [-0.05, 0) is 24.4 Å². The molecule has 0 aliphatic carbocycles. The van der Waals surface area contributed by atoms with Crippen molar-refractivity contribution in [3.8, 4) is 0 Å². The average molecular weight is 283 g/mol. The second-order valence-corrected chi connectivity index (χ2v) is 6.01. The summed E-state index contributed by atoms with van der Waals surface area (Å²) in [6, 6.07) is 11.6. The molecule has 2 nitrogen and oxygen atoms in total. The monoisotopic (exact) mass is 282 g/mol. The molecule has 0 saturated carbocycles. The molecule has 0 amide bonds. The van der Waals surface area contributed by atoms with Gasteiger partial charge in [-0.2, -0.15) is 0 Å². The Labute approximate surface area is 118 Å². The predicted octanol–water partition coefficient (Wildman–Crippen LogP) is 3.12. The van der Waals surface area contributed by atoms with E-state index in [1.807, 2.05) is 11.3 Å². The Kier molecular flexibility index (Phi) is 4.62. The summed E-state index contributed by atoms with van der Waals surface area (Å²) in [5.41, 5.74) is 0. The van der Waals surface area contributed by atoms with Crippen molar-refractivity contribution in [2.24, 2.45) is 0 Å². The van der Waals surface area contributed by atoms with Gasteiger partial charge in [-0.25, -0.2) is 0 Å². The molecule has 1 aliphatic rings. The highest BCUT2D eigenvalue weighted by atomic mass is 35.5. The van der Waals surface area contributed by atoms with Crippen LogP contribution in [0, 0.1) is 0 Å². The van der Waals surface area contributed by atoms with E-state index in [4.69, 9.17) is 0 Å². The van der Waals surface area contributed by atoms with Crippen LogP contribution in [0.1, 0.15) is 11.8 Å². The van der Waals surface area contributed by atoms with Gasteiger partial charge in [0.15, 0.2) is 0 Å². The third-order valence-corrected chi connectivity index (χ3v) is 4.41. The molecule has 1 aliphatic heterocycles. The molecule has 1 saturated heterocycles. The van der Waals surface area contributed by atoms with E-state index in [1.54, 1.807) is 0 Å². The van der Waals surface area contributed by atoms with E-state index in [0.29, 0.717) is 6.04 Å². The van der Waals surface area contributed by atoms with Crippen LogP contribution in [0.2, 0.25) is 0 Å². The van der Waals surface area contributed by atoms with Crippen LogP contribution in [-0.4, -0.2) is 30.6 Å². The van der Waals surface area contributed by atoms with Gasteiger partial charge >= 0.3 is 0 Å². The number of nitrogens with one attached hydrogen (secondary N) is 1. The third-order valence-electron chi connectivity index (χ3n) is 3.31. The first kappa shape index (κ1) is 13.8. The minimum absolute atomic E-state index is 0. The molecule has 18 heavy (non-hydrogen) atoms. The van der Waals surface area contributed by atoms with Gasteiger partial charge in [-0.1, -0.05) is 18.2 Å².